The number of hydrogen-bond acceptors (Lipinski definition) is 4. The highest BCUT2D eigenvalue weighted by Crippen LogP contribution is 2.19. The average molecular weight is 268 g/mol. The van der Waals surface area contributed by atoms with Crippen LogP contribution in [0.1, 0.15) is 28.4 Å². The van der Waals surface area contributed by atoms with Crippen LogP contribution in [0.3, 0.4) is 0 Å². The van der Waals surface area contributed by atoms with Gasteiger partial charge in [-0.3, -0.25) is 9.80 Å². The van der Waals surface area contributed by atoms with Crippen LogP contribution in [0.2, 0.25) is 0 Å². The second-order valence-corrected chi connectivity index (χ2v) is 6.15. The predicted molar refractivity (Wildman–Crippen MR) is 73.3 cm³/mol. The summed E-state index contributed by atoms with van der Waals surface area (Å²) in [7, 11) is 0. The van der Waals surface area contributed by atoms with Crippen molar-refractivity contribution in [2.24, 2.45) is 0 Å². The summed E-state index contributed by atoms with van der Waals surface area (Å²) in [6.45, 7) is 9.69. The van der Waals surface area contributed by atoms with Crippen molar-refractivity contribution >= 4 is 17.3 Å². The predicted octanol–water partition coefficient (Wildman–Crippen LogP) is 1.97. The lowest BCUT2D eigenvalue weighted by Gasteiger charge is -2.36. The maximum atomic E-state index is 10.8. The average Bonchev–Trinajstić information content (AvgIpc) is 2.78. The SMILES string of the molecule is CC(C)N1CCN(Cc2ccc(C(=O)O)s2)CC1. The molecule has 0 aliphatic carbocycles. The molecule has 5 heteroatoms. The summed E-state index contributed by atoms with van der Waals surface area (Å²) < 4.78 is 0. The molecule has 4 nitrogen and oxygen atoms in total. The van der Waals surface area contributed by atoms with Gasteiger partial charge in [0.05, 0.1) is 0 Å². The first-order valence-electron chi connectivity index (χ1n) is 6.34. The highest BCUT2D eigenvalue weighted by molar-refractivity contribution is 7.13. The second kappa shape index (κ2) is 5.82. The van der Waals surface area contributed by atoms with Gasteiger partial charge < -0.3 is 5.11 Å². The molecule has 0 aromatic carbocycles. The summed E-state index contributed by atoms with van der Waals surface area (Å²) in [5.41, 5.74) is 0. The zero-order chi connectivity index (χ0) is 13.1. The number of rotatable bonds is 4. The Morgan fingerprint density at radius 3 is 2.50 bits per heavy atom. The summed E-state index contributed by atoms with van der Waals surface area (Å²) >= 11 is 1.39. The van der Waals surface area contributed by atoms with Crippen LogP contribution >= 0.6 is 11.3 Å². The molecule has 1 fully saturated rings. The van der Waals surface area contributed by atoms with Crippen LogP contribution in [0, 0.1) is 0 Å². The third-order valence-corrected chi connectivity index (χ3v) is 4.45. The Morgan fingerprint density at radius 1 is 1.33 bits per heavy atom. The molecule has 0 amide bonds. The maximum absolute atomic E-state index is 10.8. The lowest BCUT2D eigenvalue weighted by Crippen LogP contribution is -2.48. The first-order chi connectivity index (χ1) is 8.56. The Labute approximate surface area is 112 Å². The molecule has 2 heterocycles. The Balaban J connectivity index is 1.85. The minimum atomic E-state index is -0.823. The fourth-order valence-corrected chi connectivity index (χ4v) is 3.13. The van der Waals surface area contributed by atoms with Gasteiger partial charge >= 0.3 is 5.97 Å². The normalized spacial score (nSPS) is 18.4. The van der Waals surface area contributed by atoms with Crippen LogP contribution in [0.15, 0.2) is 12.1 Å². The van der Waals surface area contributed by atoms with Gasteiger partial charge in [-0.15, -0.1) is 11.3 Å². The number of thiophene rings is 1. The summed E-state index contributed by atoms with van der Waals surface area (Å²) in [5.74, 6) is -0.823. The summed E-state index contributed by atoms with van der Waals surface area (Å²) in [4.78, 5) is 17.3. The molecule has 0 bridgehead atoms. The lowest BCUT2D eigenvalue weighted by molar-refractivity contribution is 0.0702. The van der Waals surface area contributed by atoms with Crippen LogP contribution in [0.25, 0.3) is 0 Å². The molecular formula is C13H20N2O2S. The topological polar surface area (TPSA) is 43.8 Å². The van der Waals surface area contributed by atoms with E-state index in [2.05, 4.69) is 23.6 Å². The fourth-order valence-electron chi connectivity index (χ4n) is 2.24. The van der Waals surface area contributed by atoms with Crippen molar-refractivity contribution in [1.29, 1.82) is 0 Å². The van der Waals surface area contributed by atoms with E-state index in [1.54, 1.807) is 6.07 Å². The largest absolute Gasteiger partial charge is 0.477 e. The molecule has 100 valence electrons. The summed E-state index contributed by atoms with van der Waals surface area (Å²) in [6.07, 6.45) is 0. The van der Waals surface area contributed by atoms with E-state index >= 15 is 0 Å². The molecule has 0 unspecified atom stereocenters. The van der Waals surface area contributed by atoms with Crippen LogP contribution in [0.4, 0.5) is 0 Å². The molecule has 1 saturated heterocycles. The van der Waals surface area contributed by atoms with Crippen molar-refractivity contribution in [3.8, 4) is 0 Å². The third kappa shape index (κ3) is 3.31. The van der Waals surface area contributed by atoms with Gasteiger partial charge in [-0.05, 0) is 26.0 Å². The Kier molecular flexibility index (Phi) is 4.37. The summed E-state index contributed by atoms with van der Waals surface area (Å²) in [5, 5.41) is 8.89. The number of nitrogens with zero attached hydrogens (tertiary/aromatic N) is 2. The lowest BCUT2D eigenvalue weighted by atomic mass is 10.2. The van der Waals surface area contributed by atoms with Crippen LogP contribution in [-0.2, 0) is 6.54 Å². The number of carbonyl (C=O) groups is 1. The smallest absolute Gasteiger partial charge is 0.345 e. The molecule has 18 heavy (non-hydrogen) atoms. The Morgan fingerprint density at radius 2 is 2.00 bits per heavy atom. The number of carboxylic acid groups (broad SMARTS) is 1. The van der Waals surface area contributed by atoms with E-state index < -0.39 is 5.97 Å². The van der Waals surface area contributed by atoms with E-state index in [-0.39, 0.29) is 0 Å². The van der Waals surface area contributed by atoms with Gasteiger partial charge in [0.1, 0.15) is 4.88 Å². The van der Waals surface area contributed by atoms with Crippen molar-refractivity contribution in [3.63, 3.8) is 0 Å². The molecular weight excluding hydrogens is 248 g/mol. The maximum Gasteiger partial charge on any atom is 0.345 e. The van der Waals surface area contributed by atoms with E-state index in [9.17, 15) is 4.79 Å². The van der Waals surface area contributed by atoms with Gasteiger partial charge in [-0.25, -0.2) is 4.79 Å². The van der Waals surface area contributed by atoms with Gasteiger partial charge in [0.15, 0.2) is 0 Å². The van der Waals surface area contributed by atoms with Gasteiger partial charge in [-0.1, -0.05) is 0 Å². The van der Waals surface area contributed by atoms with Gasteiger partial charge in [0.2, 0.25) is 0 Å². The molecule has 0 atom stereocenters. The van der Waals surface area contributed by atoms with E-state index in [0.717, 1.165) is 37.6 Å². The molecule has 0 spiro atoms. The van der Waals surface area contributed by atoms with Crippen LogP contribution in [-0.4, -0.2) is 53.1 Å². The van der Waals surface area contributed by atoms with Gasteiger partial charge in [0.25, 0.3) is 0 Å². The van der Waals surface area contributed by atoms with Crippen molar-refractivity contribution in [1.82, 2.24) is 9.80 Å². The van der Waals surface area contributed by atoms with Gasteiger partial charge in [-0.2, -0.15) is 0 Å². The Bertz CT molecular complexity index is 409. The van der Waals surface area contributed by atoms with Crippen LogP contribution in [0.5, 0.6) is 0 Å². The monoisotopic (exact) mass is 268 g/mol. The van der Waals surface area contributed by atoms with Crippen molar-refractivity contribution in [2.75, 3.05) is 26.2 Å². The number of carboxylic acids is 1. The van der Waals surface area contributed by atoms with Crippen LogP contribution < -0.4 is 0 Å². The fraction of sp³-hybridized carbons (Fsp3) is 0.615. The van der Waals surface area contributed by atoms with Gasteiger partial charge in [0, 0.05) is 43.6 Å². The highest BCUT2D eigenvalue weighted by atomic mass is 32.1. The first-order valence-corrected chi connectivity index (χ1v) is 7.16. The van der Waals surface area contributed by atoms with Crippen molar-refractivity contribution < 1.29 is 9.90 Å². The van der Waals surface area contributed by atoms with E-state index in [1.165, 1.54) is 11.3 Å². The molecule has 1 aromatic rings. The molecule has 1 N–H and O–H groups in total. The first kappa shape index (κ1) is 13.5. The molecule has 1 aliphatic rings. The van der Waals surface area contributed by atoms with Crippen molar-refractivity contribution in [3.05, 3.63) is 21.9 Å². The standard InChI is InChI=1S/C13H20N2O2S/c1-10(2)15-7-5-14(6-8-15)9-11-3-4-12(18-11)13(16)17/h3-4,10H,5-9H2,1-2H3,(H,16,17). The molecule has 0 saturated carbocycles. The minimum Gasteiger partial charge on any atom is -0.477 e. The van der Waals surface area contributed by atoms with Crippen molar-refractivity contribution in [2.45, 2.75) is 26.4 Å². The minimum absolute atomic E-state index is 0.436. The highest BCUT2D eigenvalue weighted by Gasteiger charge is 2.19. The Hall–Kier alpha value is -0.910. The number of piperazine rings is 1. The second-order valence-electron chi connectivity index (χ2n) is 4.98. The molecule has 1 aromatic heterocycles. The summed E-state index contributed by atoms with van der Waals surface area (Å²) in [6, 6.07) is 4.25. The quantitative estimate of drug-likeness (QED) is 0.907. The van der Waals surface area contributed by atoms with E-state index in [1.807, 2.05) is 6.07 Å². The zero-order valence-corrected chi connectivity index (χ0v) is 11.7. The zero-order valence-electron chi connectivity index (χ0n) is 10.9. The molecule has 0 radical (unpaired) electrons. The number of hydrogen-bond donors (Lipinski definition) is 1. The van der Waals surface area contributed by atoms with E-state index in [4.69, 9.17) is 5.11 Å². The molecule has 2 rings (SSSR count). The number of aromatic carboxylic acids is 1. The molecule has 1 aliphatic heterocycles. The third-order valence-electron chi connectivity index (χ3n) is 3.39. The van der Waals surface area contributed by atoms with E-state index in [0.29, 0.717) is 10.9 Å².